The Bertz CT molecular complexity index is 385. The van der Waals surface area contributed by atoms with Crippen LogP contribution in [0.3, 0.4) is 0 Å². The molecule has 0 atom stereocenters. The van der Waals surface area contributed by atoms with Crippen LogP contribution < -0.4 is 11.1 Å². The van der Waals surface area contributed by atoms with Gasteiger partial charge in [0.25, 0.3) is 0 Å². The van der Waals surface area contributed by atoms with Gasteiger partial charge in [-0.1, -0.05) is 6.07 Å². The second kappa shape index (κ2) is 7.29. The van der Waals surface area contributed by atoms with Crippen molar-refractivity contribution in [2.75, 3.05) is 18.6 Å². The van der Waals surface area contributed by atoms with Gasteiger partial charge in [-0.15, -0.1) is 0 Å². The van der Waals surface area contributed by atoms with E-state index in [-0.39, 0.29) is 5.56 Å². The predicted molar refractivity (Wildman–Crippen MR) is 69.6 cm³/mol. The lowest BCUT2D eigenvalue weighted by Gasteiger charge is -2.06. The Balaban J connectivity index is 2.46. The molecule has 0 unspecified atom stereocenters. The third-order valence-corrected chi connectivity index (χ3v) is 3.05. The topological polar surface area (TPSA) is 55.1 Å². The first-order valence-electron chi connectivity index (χ1n) is 5.43. The van der Waals surface area contributed by atoms with Crippen LogP contribution in [0.25, 0.3) is 0 Å². The van der Waals surface area contributed by atoms with Gasteiger partial charge in [-0.05, 0) is 37.1 Å². The van der Waals surface area contributed by atoms with Gasteiger partial charge in [0.05, 0.1) is 0 Å². The molecule has 0 heterocycles. The van der Waals surface area contributed by atoms with E-state index in [1.54, 1.807) is 23.9 Å². The zero-order valence-electron chi connectivity index (χ0n) is 9.83. The summed E-state index contributed by atoms with van der Waals surface area (Å²) in [7, 11) is 0. The summed E-state index contributed by atoms with van der Waals surface area (Å²) in [6, 6.07) is 4.32. The molecule has 17 heavy (non-hydrogen) atoms. The lowest BCUT2D eigenvalue weighted by atomic mass is 10.1. The first-order chi connectivity index (χ1) is 8.15. The van der Waals surface area contributed by atoms with Crippen molar-refractivity contribution in [3.05, 3.63) is 35.1 Å². The van der Waals surface area contributed by atoms with E-state index in [1.165, 1.54) is 6.07 Å². The molecule has 0 fully saturated rings. The number of hydrogen-bond acceptors (Lipinski definition) is 3. The maximum atomic E-state index is 13.5. The minimum Gasteiger partial charge on any atom is -0.366 e. The molecule has 1 aromatic carbocycles. The van der Waals surface area contributed by atoms with Crippen LogP contribution in [-0.4, -0.2) is 24.5 Å². The van der Waals surface area contributed by atoms with E-state index in [1.807, 2.05) is 0 Å². The number of amides is 1. The Morgan fingerprint density at radius 1 is 1.53 bits per heavy atom. The predicted octanol–water partition coefficient (Wildman–Crippen LogP) is 1.77. The third-order valence-electron chi connectivity index (χ3n) is 2.36. The Kier molecular flexibility index (Phi) is 6.00. The monoisotopic (exact) mass is 256 g/mol. The van der Waals surface area contributed by atoms with Crippen molar-refractivity contribution in [3.63, 3.8) is 0 Å². The van der Waals surface area contributed by atoms with Crippen LogP contribution in [0.2, 0.25) is 0 Å². The number of hydrogen-bond donors (Lipinski definition) is 2. The molecule has 1 rings (SSSR count). The second-order valence-corrected chi connectivity index (χ2v) is 4.68. The summed E-state index contributed by atoms with van der Waals surface area (Å²) in [5.74, 6) is 0.0952. The van der Waals surface area contributed by atoms with Gasteiger partial charge in [-0.2, -0.15) is 11.8 Å². The summed E-state index contributed by atoms with van der Waals surface area (Å²) in [4.78, 5) is 10.8. The first kappa shape index (κ1) is 14.0. The van der Waals surface area contributed by atoms with Crippen LogP contribution in [0.1, 0.15) is 22.3 Å². The van der Waals surface area contributed by atoms with E-state index in [2.05, 4.69) is 11.6 Å². The SMILES string of the molecule is CSCCCNCc1ccc(C(N)=O)cc1F. The molecule has 5 heteroatoms. The molecule has 94 valence electrons. The first-order valence-corrected chi connectivity index (χ1v) is 6.82. The summed E-state index contributed by atoms with van der Waals surface area (Å²) >= 11 is 1.79. The maximum absolute atomic E-state index is 13.5. The van der Waals surface area contributed by atoms with E-state index < -0.39 is 11.7 Å². The van der Waals surface area contributed by atoms with Crippen molar-refractivity contribution >= 4 is 17.7 Å². The van der Waals surface area contributed by atoms with Gasteiger partial charge >= 0.3 is 0 Å². The van der Waals surface area contributed by atoms with Gasteiger partial charge in [0.15, 0.2) is 0 Å². The molecule has 0 aliphatic carbocycles. The van der Waals surface area contributed by atoms with Crippen LogP contribution in [0.15, 0.2) is 18.2 Å². The fraction of sp³-hybridized carbons (Fsp3) is 0.417. The molecule has 0 radical (unpaired) electrons. The lowest BCUT2D eigenvalue weighted by molar-refractivity contribution is 0.1000. The molecule has 0 saturated heterocycles. The van der Waals surface area contributed by atoms with Gasteiger partial charge < -0.3 is 11.1 Å². The lowest BCUT2D eigenvalue weighted by Crippen LogP contribution is -2.17. The Hall–Kier alpha value is -1.07. The standard InChI is InChI=1S/C12H17FN2OS/c1-17-6-2-5-15-8-10-4-3-9(12(14)16)7-11(10)13/h3-4,7,15H,2,5-6,8H2,1H3,(H2,14,16). The van der Waals surface area contributed by atoms with E-state index in [9.17, 15) is 9.18 Å². The molecule has 3 N–H and O–H groups in total. The number of thioether (sulfide) groups is 1. The number of rotatable bonds is 7. The van der Waals surface area contributed by atoms with Crippen molar-refractivity contribution in [2.24, 2.45) is 5.73 Å². The maximum Gasteiger partial charge on any atom is 0.248 e. The van der Waals surface area contributed by atoms with Gasteiger partial charge in [-0.3, -0.25) is 4.79 Å². The van der Waals surface area contributed by atoms with Crippen molar-refractivity contribution in [1.29, 1.82) is 0 Å². The molecule has 1 aromatic rings. The summed E-state index contributed by atoms with van der Waals surface area (Å²) in [6.07, 6.45) is 3.12. The average molecular weight is 256 g/mol. The number of nitrogens with one attached hydrogen (secondary N) is 1. The van der Waals surface area contributed by atoms with Gasteiger partial charge in [0.1, 0.15) is 5.82 Å². The highest BCUT2D eigenvalue weighted by molar-refractivity contribution is 7.98. The van der Waals surface area contributed by atoms with Gasteiger partial charge in [0, 0.05) is 17.7 Å². The van der Waals surface area contributed by atoms with Crippen molar-refractivity contribution in [2.45, 2.75) is 13.0 Å². The molecular formula is C12H17FN2OS. The largest absolute Gasteiger partial charge is 0.366 e. The fourth-order valence-corrected chi connectivity index (χ4v) is 1.84. The minimum absolute atomic E-state index is 0.202. The van der Waals surface area contributed by atoms with Crippen molar-refractivity contribution in [3.8, 4) is 0 Å². The number of carbonyl (C=O) groups is 1. The van der Waals surface area contributed by atoms with Crippen molar-refractivity contribution < 1.29 is 9.18 Å². The molecular weight excluding hydrogens is 239 g/mol. The molecule has 0 aliphatic rings. The van der Waals surface area contributed by atoms with Crippen LogP contribution in [0, 0.1) is 5.82 Å². The van der Waals surface area contributed by atoms with Crippen LogP contribution >= 0.6 is 11.8 Å². The van der Waals surface area contributed by atoms with E-state index in [0.717, 1.165) is 18.7 Å². The number of carbonyl (C=O) groups excluding carboxylic acids is 1. The summed E-state index contributed by atoms with van der Waals surface area (Å²) in [5.41, 5.74) is 5.82. The van der Waals surface area contributed by atoms with Crippen LogP contribution in [0.5, 0.6) is 0 Å². The molecule has 1 amide bonds. The molecule has 0 bridgehead atoms. The highest BCUT2D eigenvalue weighted by Gasteiger charge is 2.06. The molecule has 0 aliphatic heterocycles. The zero-order chi connectivity index (χ0) is 12.7. The quantitative estimate of drug-likeness (QED) is 0.731. The highest BCUT2D eigenvalue weighted by atomic mass is 32.2. The Labute approximate surface area is 105 Å². The van der Waals surface area contributed by atoms with E-state index in [0.29, 0.717) is 12.1 Å². The van der Waals surface area contributed by atoms with E-state index in [4.69, 9.17) is 5.73 Å². The smallest absolute Gasteiger partial charge is 0.248 e. The number of primary amides is 1. The average Bonchev–Trinajstić information content (AvgIpc) is 2.30. The summed E-state index contributed by atoms with van der Waals surface area (Å²) in [5, 5.41) is 3.16. The minimum atomic E-state index is -0.608. The van der Waals surface area contributed by atoms with Gasteiger partial charge in [-0.25, -0.2) is 4.39 Å². The van der Waals surface area contributed by atoms with Crippen molar-refractivity contribution in [1.82, 2.24) is 5.32 Å². The van der Waals surface area contributed by atoms with Crippen LogP contribution in [0.4, 0.5) is 4.39 Å². The summed E-state index contributed by atoms with van der Waals surface area (Å²) in [6.45, 7) is 1.33. The number of benzene rings is 1. The molecule has 0 aromatic heterocycles. The molecule has 3 nitrogen and oxygen atoms in total. The Morgan fingerprint density at radius 2 is 2.29 bits per heavy atom. The summed E-state index contributed by atoms with van der Waals surface area (Å²) < 4.78 is 13.5. The zero-order valence-corrected chi connectivity index (χ0v) is 10.6. The fourth-order valence-electron chi connectivity index (χ4n) is 1.41. The van der Waals surface area contributed by atoms with Gasteiger partial charge in [0.2, 0.25) is 5.91 Å². The van der Waals surface area contributed by atoms with E-state index >= 15 is 0 Å². The number of nitrogens with two attached hydrogens (primary N) is 1. The third kappa shape index (κ3) is 4.75. The highest BCUT2D eigenvalue weighted by Crippen LogP contribution is 2.10. The second-order valence-electron chi connectivity index (χ2n) is 3.69. The number of halogens is 1. The normalized spacial score (nSPS) is 10.5. The molecule has 0 spiro atoms. The molecule has 0 saturated carbocycles. The Morgan fingerprint density at radius 3 is 2.88 bits per heavy atom. The van der Waals surface area contributed by atoms with Crippen LogP contribution in [-0.2, 0) is 6.54 Å².